The number of nitrogens with zero attached hydrogens (tertiary/aromatic N) is 1. The topological polar surface area (TPSA) is 3.24 Å². The zero-order chi connectivity index (χ0) is 17.7. The Labute approximate surface area is 151 Å². The third-order valence-corrected chi connectivity index (χ3v) is 5.37. The molecule has 0 aromatic heterocycles. The number of hydrogen-bond acceptors (Lipinski definition) is 1. The average Bonchev–Trinajstić information content (AvgIpc) is 3.39. The summed E-state index contributed by atoms with van der Waals surface area (Å²) in [6.07, 6.45) is 4.73. The predicted molar refractivity (Wildman–Crippen MR) is 103 cm³/mol. The van der Waals surface area contributed by atoms with Crippen molar-refractivity contribution in [1.29, 1.82) is 0 Å². The molecule has 0 radical (unpaired) electrons. The Kier molecular flexibility index (Phi) is 5.90. The van der Waals surface area contributed by atoms with Crippen LogP contribution < -0.4 is 0 Å². The van der Waals surface area contributed by atoms with Gasteiger partial charge in [-0.3, -0.25) is 4.90 Å². The van der Waals surface area contributed by atoms with E-state index in [4.69, 9.17) is 0 Å². The highest BCUT2D eigenvalue weighted by atomic mass is 19.1. The molecule has 0 amide bonds. The Bertz CT molecular complexity index is 646. The van der Waals surface area contributed by atoms with E-state index in [2.05, 4.69) is 61.2 Å². The SMILES string of the molecule is CCCN(Cc1ccccc1)C(C)CCc1ccc(C2(F)CC2)cc1. The molecule has 134 valence electrons. The van der Waals surface area contributed by atoms with Gasteiger partial charge in [0.15, 0.2) is 0 Å². The predicted octanol–water partition coefficient (Wildman–Crippen LogP) is 5.88. The summed E-state index contributed by atoms with van der Waals surface area (Å²) in [6, 6.07) is 19.5. The van der Waals surface area contributed by atoms with E-state index in [9.17, 15) is 4.39 Å². The standard InChI is InChI=1S/C23H30FN/c1-3-17-25(18-21-7-5-4-6-8-21)19(2)9-10-20-11-13-22(14-12-20)23(24)15-16-23/h4-8,11-14,19H,3,9-10,15-18H2,1-2H3. The first-order chi connectivity index (χ1) is 12.1. The van der Waals surface area contributed by atoms with Gasteiger partial charge in [-0.25, -0.2) is 4.39 Å². The summed E-state index contributed by atoms with van der Waals surface area (Å²) in [5.41, 5.74) is 2.54. The summed E-state index contributed by atoms with van der Waals surface area (Å²) in [6.45, 7) is 6.71. The number of aryl methyl sites for hydroxylation is 1. The first kappa shape index (κ1) is 18.1. The molecule has 2 aromatic carbocycles. The van der Waals surface area contributed by atoms with Gasteiger partial charge in [0.25, 0.3) is 0 Å². The molecule has 1 fully saturated rings. The van der Waals surface area contributed by atoms with Crippen molar-refractivity contribution in [3.05, 3.63) is 71.3 Å². The molecular weight excluding hydrogens is 309 g/mol. The molecule has 1 atom stereocenters. The maximum Gasteiger partial charge on any atom is 0.136 e. The molecule has 1 unspecified atom stereocenters. The van der Waals surface area contributed by atoms with Crippen LogP contribution in [0.5, 0.6) is 0 Å². The summed E-state index contributed by atoms with van der Waals surface area (Å²) in [5.74, 6) is 0. The smallest absolute Gasteiger partial charge is 0.136 e. The molecule has 2 heteroatoms. The van der Waals surface area contributed by atoms with E-state index in [-0.39, 0.29) is 0 Å². The second-order valence-electron chi connectivity index (χ2n) is 7.51. The summed E-state index contributed by atoms with van der Waals surface area (Å²) < 4.78 is 14.1. The normalized spacial score (nSPS) is 16.8. The highest BCUT2D eigenvalue weighted by molar-refractivity contribution is 5.31. The van der Waals surface area contributed by atoms with Crippen LogP contribution in [0.15, 0.2) is 54.6 Å². The molecule has 1 saturated carbocycles. The van der Waals surface area contributed by atoms with E-state index >= 15 is 0 Å². The molecule has 1 aliphatic rings. The van der Waals surface area contributed by atoms with Crippen molar-refractivity contribution in [3.63, 3.8) is 0 Å². The molecule has 1 nitrogen and oxygen atoms in total. The fourth-order valence-electron chi connectivity index (χ4n) is 3.49. The quantitative estimate of drug-likeness (QED) is 0.551. The lowest BCUT2D eigenvalue weighted by molar-refractivity contribution is 0.191. The van der Waals surface area contributed by atoms with Crippen molar-refractivity contribution in [3.8, 4) is 0 Å². The van der Waals surface area contributed by atoms with Crippen molar-refractivity contribution in [2.75, 3.05) is 6.54 Å². The van der Waals surface area contributed by atoms with E-state index in [0.717, 1.165) is 31.5 Å². The molecule has 0 spiro atoms. The molecule has 3 rings (SSSR count). The maximum atomic E-state index is 14.1. The Balaban J connectivity index is 1.54. The van der Waals surface area contributed by atoms with E-state index in [1.807, 2.05) is 12.1 Å². The van der Waals surface area contributed by atoms with E-state index < -0.39 is 5.67 Å². The van der Waals surface area contributed by atoms with Crippen LogP contribution in [0.2, 0.25) is 0 Å². The molecule has 0 bridgehead atoms. The van der Waals surface area contributed by atoms with E-state index in [0.29, 0.717) is 18.9 Å². The minimum absolute atomic E-state index is 0.538. The second kappa shape index (κ2) is 8.14. The second-order valence-corrected chi connectivity index (χ2v) is 7.51. The van der Waals surface area contributed by atoms with Crippen LogP contribution in [0.1, 0.15) is 56.2 Å². The van der Waals surface area contributed by atoms with Crippen LogP contribution in [0, 0.1) is 0 Å². The Hall–Kier alpha value is -1.67. The number of hydrogen-bond donors (Lipinski definition) is 0. The summed E-state index contributed by atoms with van der Waals surface area (Å²) in [7, 11) is 0. The lowest BCUT2D eigenvalue weighted by atomic mass is 10.0. The fourth-order valence-corrected chi connectivity index (χ4v) is 3.49. The molecule has 0 heterocycles. The zero-order valence-corrected chi connectivity index (χ0v) is 15.5. The van der Waals surface area contributed by atoms with Gasteiger partial charge >= 0.3 is 0 Å². The molecule has 2 aromatic rings. The molecule has 25 heavy (non-hydrogen) atoms. The number of alkyl halides is 1. The minimum atomic E-state index is -1.01. The van der Waals surface area contributed by atoms with E-state index in [1.54, 1.807) is 0 Å². The fraction of sp³-hybridized carbons (Fsp3) is 0.478. The Morgan fingerprint density at radius 3 is 2.28 bits per heavy atom. The van der Waals surface area contributed by atoms with Gasteiger partial charge in [-0.2, -0.15) is 0 Å². The van der Waals surface area contributed by atoms with Crippen LogP contribution in [0.4, 0.5) is 4.39 Å². The van der Waals surface area contributed by atoms with Gasteiger partial charge in [-0.05, 0) is 62.3 Å². The summed E-state index contributed by atoms with van der Waals surface area (Å²) in [5, 5.41) is 0. The Morgan fingerprint density at radius 1 is 1.00 bits per heavy atom. The number of rotatable bonds is 9. The molecule has 1 aliphatic carbocycles. The first-order valence-electron chi connectivity index (χ1n) is 9.67. The van der Waals surface area contributed by atoms with Crippen LogP contribution >= 0.6 is 0 Å². The third-order valence-electron chi connectivity index (χ3n) is 5.37. The Morgan fingerprint density at radius 2 is 1.68 bits per heavy atom. The van der Waals surface area contributed by atoms with Gasteiger partial charge in [-0.1, -0.05) is 61.5 Å². The summed E-state index contributed by atoms with van der Waals surface area (Å²) in [4.78, 5) is 2.57. The summed E-state index contributed by atoms with van der Waals surface area (Å²) >= 11 is 0. The lowest BCUT2D eigenvalue weighted by Crippen LogP contribution is -2.33. The van der Waals surface area contributed by atoms with Crippen LogP contribution in [-0.4, -0.2) is 17.5 Å². The van der Waals surface area contributed by atoms with E-state index in [1.165, 1.54) is 17.5 Å². The van der Waals surface area contributed by atoms with Gasteiger partial charge in [0, 0.05) is 12.6 Å². The highest BCUT2D eigenvalue weighted by Crippen LogP contribution is 2.49. The monoisotopic (exact) mass is 339 g/mol. The third kappa shape index (κ3) is 4.92. The molecule has 0 aliphatic heterocycles. The van der Waals surface area contributed by atoms with Crippen molar-refractivity contribution in [2.24, 2.45) is 0 Å². The van der Waals surface area contributed by atoms with Crippen molar-refractivity contribution in [2.45, 2.75) is 64.2 Å². The van der Waals surface area contributed by atoms with Crippen molar-refractivity contribution < 1.29 is 4.39 Å². The lowest BCUT2D eigenvalue weighted by Gasteiger charge is -2.29. The van der Waals surface area contributed by atoms with Gasteiger partial charge in [-0.15, -0.1) is 0 Å². The number of halogens is 1. The van der Waals surface area contributed by atoms with Crippen LogP contribution in [0.25, 0.3) is 0 Å². The van der Waals surface area contributed by atoms with Crippen molar-refractivity contribution in [1.82, 2.24) is 4.90 Å². The van der Waals surface area contributed by atoms with Crippen LogP contribution in [0.3, 0.4) is 0 Å². The minimum Gasteiger partial charge on any atom is -0.296 e. The van der Waals surface area contributed by atoms with Crippen LogP contribution in [-0.2, 0) is 18.6 Å². The van der Waals surface area contributed by atoms with Gasteiger partial charge in [0.05, 0.1) is 0 Å². The molecule has 0 N–H and O–H groups in total. The molecule has 0 saturated heterocycles. The highest BCUT2D eigenvalue weighted by Gasteiger charge is 2.44. The zero-order valence-electron chi connectivity index (χ0n) is 15.5. The van der Waals surface area contributed by atoms with Gasteiger partial charge in [0.1, 0.15) is 5.67 Å². The first-order valence-corrected chi connectivity index (χ1v) is 9.67. The van der Waals surface area contributed by atoms with Crippen molar-refractivity contribution >= 4 is 0 Å². The maximum absolute atomic E-state index is 14.1. The van der Waals surface area contributed by atoms with Gasteiger partial charge < -0.3 is 0 Å². The average molecular weight is 339 g/mol. The molecular formula is C23H30FN. The van der Waals surface area contributed by atoms with Gasteiger partial charge in [0.2, 0.25) is 0 Å². The largest absolute Gasteiger partial charge is 0.296 e. The number of benzene rings is 2.